The molecule has 1 heterocycles. The molecule has 0 bridgehead atoms. The van der Waals surface area contributed by atoms with Crippen LogP contribution in [0.25, 0.3) is 0 Å². The summed E-state index contributed by atoms with van der Waals surface area (Å²) in [6.45, 7) is 2.71. The van der Waals surface area contributed by atoms with Crippen molar-refractivity contribution in [2.45, 2.75) is 51.1 Å². The van der Waals surface area contributed by atoms with Crippen molar-refractivity contribution in [2.75, 3.05) is 12.4 Å². The monoisotopic (exact) mass is 368 g/mol. The molecule has 2 fully saturated rings. The van der Waals surface area contributed by atoms with Crippen molar-refractivity contribution in [3.05, 3.63) is 41.2 Å². The molecule has 0 radical (unpaired) electrons. The fraction of sp³-hybridized carbons (Fsp3) is 0.450. The third-order valence-electron chi connectivity index (χ3n) is 4.96. The van der Waals surface area contributed by atoms with Gasteiger partial charge in [0.05, 0.1) is 29.6 Å². The van der Waals surface area contributed by atoms with E-state index in [1.54, 1.807) is 36.2 Å². The molecule has 4 rings (SSSR count). The molecule has 2 aliphatic carbocycles. The highest BCUT2D eigenvalue weighted by Gasteiger charge is 2.32. The molecule has 1 aromatic heterocycles. The van der Waals surface area contributed by atoms with Crippen LogP contribution in [0.15, 0.2) is 24.4 Å². The van der Waals surface area contributed by atoms with Crippen molar-refractivity contribution in [2.24, 2.45) is 0 Å². The van der Waals surface area contributed by atoms with Gasteiger partial charge in [-0.15, -0.1) is 0 Å². The van der Waals surface area contributed by atoms with Gasteiger partial charge in [-0.1, -0.05) is 0 Å². The number of nitrogens with zero attached hydrogens (tertiary/aromatic N) is 2. The number of carbonyl (C=O) groups is 2. The number of hydrogen-bond donors (Lipinski definition) is 2. The zero-order valence-electron chi connectivity index (χ0n) is 15.6. The summed E-state index contributed by atoms with van der Waals surface area (Å²) in [4.78, 5) is 25.5. The van der Waals surface area contributed by atoms with E-state index in [0.717, 1.165) is 31.4 Å². The number of amides is 2. The van der Waals surface area contributed by atoms with Crippen LogP contribution >= 0.6 is 0 Å². The van der Waals surface area contributed by atoms with Crippen molar-refractivity contribution in [3.8, 4) is 5.75 Å². The minimum atomic E-state index is -0.234. The number of nitrogens with one attached hydrogen (secondary N) is 2. The number of carbonyl (C=O) groups excluding carboxylic acids is 2. The first kappa shape index (κ1) is 17.6. The Morgan fingerprint density at radius 1 is 1.19 bits per heavy atom. The Balaban J connectivity index is 1.60. The highest BCUT2D eigenvalue weighted by atomic mass is 16.5. The Hall–Kier alpha value is -2.83. The molecule has 1 aromatic carbocycles. The number of rotatable bonds is 7. The van der Waals surface area contributed by atoms with Crippen LogP contribution in [0.5, 0.6) is 5.75 Å². The SMILES string of the molecule is CCn1cc(C(=O)Nc2ccc(OC)cc2C(=O)NC2CC2)c(C2CC2)n1. The van der Waals surface area contributed by atoms with Gasteiger partial charge in [0.2, 0.25) is 0 Å². The van der Waals surface area contributed by atoms with Crippen LogP contribution in [0.1, 0.15) is 64.9 Å². The summed E-state index contributed by atoms with van der Waals surface area (Å²) in [5, 5.41) is 10.4. The van der Waals surface area contributed by atoms with E-state index in [4.69, 9.17) is 4.74 Å². The van der Waals surface area contributed by atoms with E-state index in [1.807, 2.05) is 6.92 Å². The number of hydrogen-bond acceptors (Lipinski definition) is 4. The molecular weight excluding hydrogens is 344 g/mol. The van der Waals surface area contributed by atoms with Crippen molar-refractivity contribution in [3.63, 3.8) is 0 Å². The largest absolute Gasteiger partial charge is 0.497 e. The predicted molar refractivity (Wildman–Crippen MR) is 101 cm³/mol. The van der Waals surface area contributed by atoms with E-state index < -0.39 is 0 Å². The van der Waals surface area contributed by atoms with E-state index in [9.17, 15) is 9.59 Å². The minimum absolute atomic E-state index is 0.196. The summed E-state index contributed by atoms with van der Waals surface area (Å²) in [7, 11) is 1.55. The molecule has 0 saturated heterocycles. The molecular formula is C20H24N4O3. The third-order valence-corrected chi connectivity index (χ3v) is 4.96. The van der Waals surface area contributed by atoms with Crippen molar-refractivity contribution in [1.29, 1.82) is 0 Å². The highest BCUT2D eigenvalue weighted by molar-refractivity contribution is 6.09. The van der Waals surface area contributed by atoms with Crippen molar-refractivity contribution >= 4 is 17.5 Å². The van der Waals surface area contributed by atoms with Gasteiger partial charge in [-0.25, -0.2) is 0 Å². The lowest BCUT2D eigenvalue weighted by atomic mass is 10.1. The second kappa shape index (κ2) is 7.06. The van der Waals surface area contributed by atoms with E-state index in [1.165, 1.54) is 0 Å². The van der Waals surface area contributed by atoms with Gasteiger partial charge in [-0.3, -0.25) is 14.3 Å². The molecule has 0 spiro atoms. The molecule has 7 nitrogen and oxygen atoms in total. The van der Waals surface area contributed by atoms with Gasteiger partial charge >= 0.3 is 0 Å². The molecule has 0 aliphatic heterocycles. The smallest absolute Gasteiger partial charge is 0.259 e. The van der Waals surface area contributed by atoms with Crippen molar-refractivity contribution in [1.82, 2.24) is 15.1 Å². The summed E-state index contributed by atoms with van der Waals surface area (Å²) in [6.07, 6.45) is 5.92. The van der Waals surface area contributed by atoms with Crippen molar-refractivity contribution < 1.29 is 14.3 Å². The summed E-state index contributed by atoms with van der Waals surface area (Å²) in [5.74, 6) is 0.513. The molecule has 27 heavy (non-hydrogen) atoms. The fourth-order valence-corrected chi connectivity index (χ4v) is 3.06. The second-order valence-electron chi connectivity index (χ2n) is 7.17. The van der Waals surface area contributed by atoms with Crippen LogP contribution in [0, 0.1) is 0 Å². The molecule has 2 aliphatic rings. The van der Waals surface area contributed by atoms with Gasteiger partial charge in [0.1, 0.15) is 5.75 Å². The molecule has 0 unspecified atom stereocenters. The van der Waals surface area contributed by atoms with Crippen LogP contribution in [-0.4, -0.2) is 34.7 Å². The average Bonchev–Trinajstić information content (AvgIpc) is 3.61. The Bertz CT molecular complexity index is 881. The quantitative estimate of drug-likeness (QED) is 0.787. The molecule has 142 valence electrons. The van der Waals surface area contributed by atoms with Crippen LogP contribution in [-0.2, 0) is 6.54 Å². The summed E-state index contributed by atoms with van der Waals surface area (Å²) in [5.41, 5.74) is 2.32. The maximum Gasteiger partial charge on any atom is 0.259 e. The molecule has 2 N–H and O–H groups in total. The maximum atomic E-state index is 12.9. The first-order valence-corrected chi connectivity index (χ1v) is 9.46. The molecule has 2 saturated carbocycles. The van der Waals surface area contributed by atoms with Gasteiger partial charge in [0, 0.05) is 24.7 Å². The third kappa shape index (κ3) is 3.82. The van der Waals surface area contributed by atoms with Crippen LogP contribution < -0.4 is 15.4 Å². The van der Waals surface area contributed by atoms with Crippen LogP contribution in [0.3, 0.4) is 0 Å². The molecule has 7 heteroatoms. The summed E-state index contributed by atoms with van der Waals surface area (Å²) in [6, 6.07) is 5.34. The van der Waals surface area contributed by atoms with Crippen LogP contribution in [0.4, 0.5) is 5.69 Å². The number of ether oxygens (including phenoxy) is 1. The second-order valence-corrected chi connectivity index (χ2v) is 7.17. The van der Waals surface area contributed by atoms with Gasteiger partial charge in [-0.05, 0) is 50.8 Å². The topological polar surface area (TPSA) is 85.2 Å². The van der Waals surface area contributed by atoms with E-state index in [-0.39, 0.29) is 17.9 Å². The minimum Gasteiger partial charge on any atom is -0.497 e. The average molecular weight is 368 g/mol. The lowest BCUT2D eigenvalue weighted by molar-refractivity contribution is 0.0951. The zero-order chi connectivity index (χ0) is 19.0. The number of methoxy groups -OCH3 is 1. The number of aryl methyl sites for hydroxylation is 1. The lowest BCUT2D eigenvalue weighted by Gasteiger charge is -2.13. The molecule has 2 aromatic rings. The highest BCUT2D eigenvalue weighted by Crippen LogP contribution is 2.41. The normalized spacial score (nSPS) is 16.1. The van der Waals surface area contributed by atoms with Gasteiger partial charge in [-0.2, -0.15) is 5.10 Å². The summed E-state index contributed by atoms with van der Waals surface area (Å²) < 4.78 is 7.03. The van der Waals surface area contributed by atoms with E-state index >= 15 is 0 Å². The predicted octanol–water partition coefficient (Wildman–Crippen LogP) is 2.93. The number of aromatic nitrogens is 2. The summed E-state index contributed by atoms with van der Waals surface area (Å²) >= 11 is 0. The fourth-order valence-electron chi connectivity index (χ4n) is 3.06. The molecule has 0 atom stereocenters. The van der Waals surface area contributed by atoms with Crippen LogP contribution in [0.2, 0.25) is 0 Å². The van der Waals surface area contributed by atoms with Gasteiger partial charge in [0.25, 0.3) is 11.8 Å². The maximum absolute atomic E-state index is 12.9. The van der Waals surface area contributed by atoms with Gasteiger partial charge in [0.15, 0.2) is 0 Å². The number of anilines is 1. The zero-order valence-corrected chi connectivity index (χ0v) is 15.6. The van der Waals surface area contributed by atoms with E-state index in [0.29, 0.717) is 35.0 Å². The number of benzene rings is 1. The molecule has 2 amide bonds. The first-order valence-electron chi connectivity index (χ1n) is 9.46. The Morgan fingerprint density at radius 2 is 1.96 bits per heavy atom. The standard InChI is InChI=1S/C20H24N4O3/c1-3-24-11-16(18(23-24)12-4-5-12)20(26)22-17-9-8-14(27-2)10-15(17)19(25)21-13-6-7-13/h8-13H,3-7H2,1-2H3,(H,21,25)(H,22,26). The van der Waals surface area contributed by atoms with Gasteiger partial charge < -0.3 is 15.4 Å². The lowest BCUT2D eigenvalue weighted by Crippen LogP contribution is -2.27. The Kier molecular flexibility index (Phi) is 4.59. The Morgan fingerprint density at radius 3 is 2.59 bits per heavy atom. The van der Waals surface area contributed by atoms with E-state index in [2.05, 4.69) is 15.7 Å². The Labute approximate surface area is 158 Å². The first-order chi connectivity index (χ1) is 13.1.